The van der Waals surface area contributed by atoms with Crippen molar-refractivity contribution in [3.05, 3.63) is 54.3 Å². The van der Waals surface area contributed by atoms with Gasteiger partial charge in [0.05, 0.1) is 5.69 Å². The van der Waals surface area contributed by atoms with Crippen LogP contribution in [0, 0.1) is 11.7 Å². The highest BCUT2D eigenvalue weighted by molar-refractivity contribution is 5.91. The van der Waals surface area contributed by atoms with Crippen LogP contribution in [0.15, 0.2) is 48.5 Å². The number of hydrogen-bond donors (Lipinski definition) is 2. The summed E-state index contributed by atoms with van der Waals surface area (Å²) in [7, 11) is 0. The number of fused-ring (bicyclic) bond motifs is 1. The maximum Gasteiger partial charge on any atom is 0.322 e. The normalized spacial score (nSPS) is 21.9. The summed E-state index contributed by atoms with van der Waals surface area (Å²) in [6.07, 6.45) is 1.04. The maximum atomic E-state index is 13.0. The Bertz CT molecular complexity index is 766. The van der Waals surface area contributed by atoms with Crippen molar-refractivity contribution in [3.8, 4) is 11.5 Å². The molecule has 2 aromatic rings. The quantitative estimate of drug-likeness (QED) is 0.899. The van der Waals surface area contributed by atoms with E-state index in [-0.39, 0.29) is 17.9 Å². The fourth-order valence-corrected chi connectivity index (χ4v) is 3.58. The van der Waals surface area contributed by atoms with Gasteiger partial charge in [-0.1, -0.05) is 12.1 Å². The Kier molecular flexibility index (Phi) is 4.28. The Balaban J connectivity index is 1.49. The first-order chi connectivity index (χ1) is 12.2. The number of halogens is 1. The van der Waals surface area contributed by atoms with E-state index in [4.69, 9.17) is 4.74 Å². The van der Waals surface area contributed by atoms with Crippen LogP contribution in [0.1, 0.15) is 6.42 Å². The summed E-state index contributed by atoms with van der Waals surface area (Å²) in [5.74, 6) is 1.28. The molecule has 0 saturated carbocycles. The van der Waals surface area contributed by atoms with Crippen LogP contribution in [0.5, 0.6) is 11.5 Å². The standard InChI is InChI=1S/C19H20FN3O2/c20-14-5-7-15(8-6-14)25-18-4-2-1-3-16(18)22-19(24)23-10-9-13-11-21-12-17(13)23/h1-8,13,17,21H,9-12H2,(H,22,24)/t13-,17+/m1/s1. The Morgan fingerprint density at radius 3 is 2.80 bits per heavy atom. The lowest BCUT2D eigenvalue weighted by atomic mass is 10.1. The molecule has 0 unspecified atom stereocenters. The van der Waals surface area contributed by atoms with Crippen LogP contribution in [0.3, 0.4) is 0 Å². The molecule has 6 heteroatoms. The fraction of sp³-hybridized carbons (Fsp3) is 0.316. The van der Waals surface area contributed by atoms with Crippen LogP contribution in [0.25, 0.3) is 0 Å². The number of nitrogens with one attached hydrogen (secondary N) is 2. The summed E-state index contributed by atoms with van der Waals surface area (Å²) in [4.78, 5) is 14.6. The molecule has 2 aromatic carbocycles. The van der Waals surface area contributed by atoms with Gasteiger partial charge in [0.25, 0.3) is 0 Å². The second-order valence-electron chi connectivity index (χ2n) is 6.45. The molecule has 2 aliphatic rings. The summed E-state index contributed by atoms with van der Waals surface area (Å²) in [6.45, 7) is 2.62. The Labute approximate surface area is 145 Å². The van der Waals surface area contributed by atoms with Gasteiger partial charge in [-0.25, -0.2) is 9.18 Å². The van der Waals surface area contributed by atoms with Gasteiger partial charge in [-0.05, 0) is 48.7 Å². The first-order valence-corrected chi connectivity index (χ1v) is 8.51. The van der Waals surface area contributed by atoms with Crippen molar-refractivity contribution >= 4 is 11.7 Å². The van der Waals surface area contributed by atoms with Crippen molar-refractivity contribution in [3.63, 3.8) is 0 Å². The molecular weight excluding hydrogens is 321 g/mol. The fourth-order valence-electron chi connectivity index (χ4n) is 3.58. The van der Waals surface area contributed by atoms with Crippen molar-refractivity contribution in [2.75, 3.05) is 25.0 Å². The van der Waals surface area contributed by atoms with Crippen LogP contribution in [0.4, 0.5) is 14.9 Å². The first kappa shape index (κ1) is 15.9. The minimum Gasteiger partial charge on any atom is -0.455 e. The smallest absolute Gasteiger partial charge is 0.322 e. The number of likely N-dealkylation sites (tertiary alicyclic amines) is 1. The Hall–Kier alpha value is -2.60. The van der Waals surface area contributed by atoms with Crippen LogP contribution in [-0.2, 0) is 0 Å². The number of para-hydroxylation sites is 2. The summed E-state index contributed by atoms with van der Waals surface area (Å²) in [5, 5.41) is 6.30. The molecule has 0 radical (unpaired) electrons. The van der Waals surface area contributed by atoms with Crippen molar-refractivity contribution in [2.45, 2.75) is 12.5 Å². The molecule has 4 rings (SSSR count). The summed E-state index contributed by atoms with van der Waals surface area (Å²) < 4.78 is 18.8. The third-order valence-corrected chi connectivity index (χ3v) is 4.88. The number of urea groups is 1. The average Bonchev–Trinajstić information content (AvgIpc) is 3.22. The van der Waals surface area contributed by atoms with E-state index in [1.54, 1.807) is 24.3 Å². The second-order valence-corrected chi connectivity index (χ2v) is 6.45. The van der Waals surface area contributed by atoms with E-state index < -0.39 is 0 Å². The van der Waals surface area contributed by atoms with Gasteiger partial charge < -0.3 is 20.3 Å². The summed E-state index contributed by atoms with van der Waals surface area (Å²) in [6, 6.07) is 13.2. The second kappa shape index (κ2) is 6.72. The molecular formula is C19H20FN3O2. The van der Waals surface area contributed by atoms with Crippen LogP contribution in [0.2, 0.25) is 0 Å². The molecule has 2 aliphatic heterocycles. The average molecular weight is 341 g/mol. The zero-order valence-electron chi connectivity index (χ0n) is 13.7. The number of benzene rings is 2. The molecule has 0 aromatic heterocycles. The molecule has 130 valence electrons. The number of carbonyl (C=O) groups excluding carboxylic acids is 1. The van der Waals surface area contributed by atoms with Crippen LogP contribution in [-0.4, -0.2) is 36.6 Å². The van der Waals surface area contributed by atoms with E-state index in [9.17, 15) is 9.18 Å². The molecule has 5 nitrogen and oxygen atoms in total. The van der Waals surface area contributed by atoms with Gasteiger partial charge in [-0.15, -0.1) is 0 Å². The molecule has 2 fully saturated rings. The highest BCUT2D eigenvalue weighted by Gasteiger charge is 2.40. The number of rotatable bonds is 3. The zero-order chi connectivity index (χ0) is 17.2. The number of nitrogens with zero attached hydrogens (tertiary/aromatic N) is 1. The highest BCUT2D eigenvalue weighted by atomic mass is 19.1. The van der Waals surface area contributed by atoms with Crippen LogP contribution >= 0.6 is 0 Å². The number of anilines is 1. The van der Waals surface area contributed by atoms with Crippen molar-refractivity contribution in [2.24, 2.45) is 5.92 Å². The Morgan fingerprint density at radius 1 is 1.16 bits per heavy atom. The molecule has 0 bridgehead atoms. The molecule has 2 N–H and O–H groups in total. The third-order valence-electron chi connectivity index (χ3n) is 4.88. The topological polar surface area (TPSA) is 53.6 Å². The van der Waals surface area contributed by atoms with Gasteiger partial charge in [-0.3, -0.25) is 0 Å². The number of amides is 2. The van der Waals surface area contributed by atoms with Crippen molar-refractivity contribution < 1.29 is 13.9 Å². The van der Waals surface area contributed by atoms with E-state index in [0.717, 1.165) is 26.1 Å². The van der Waals surface area contributed by atoms with Gasteiger partial charge in [0.2, 0.25) is 0 Å². The van der Waals surface area contributed by atoms with E-state index in [1.807, 2.05) is 17.0 Å². The predicted molar refractivity (Wildman–Crippen MR) is 93.4 cm³/mol. The van der Waals surface area contributed by atoms with Crippen LogP contribution < -0.4 is 15.4 Å². The predicted octanol–water partition coefficient (Wildman–Crippen LogP) is 3.44. The molecule has 25 heavy (non-hydrogen) atoms. The summed E-state index contributed by atoms with van der Waals surface area (Å²) >= 11 is 0. The maximum absolute atomic E-state index is 13.0. The lowest BCUT2D eigenvalue weighted by molar-refractivity contribution is 0.206. The molecule has 0 aliphatic carbocycles. The van der Waals surface area contributed by atoms with Crippen molar-refractivity contribution in [1.29, 1.82) is 0 Å². The largest absolute Gasteiger partial charge is 0.455 e. The van der Waals surface area contributed by atoms with Gasteiger partial charge in [0, 0.05) is 25.7 Å². The van der Waals surface area contributed by atoms with Gasteiger partial charge in [-0.2, -0.15) is 0 Å². The van der Waals surface area contributed by atoms with Gasteiger partial charge in [0.1, 0.15) is 11.6 Å². The summed E-state index contributed by atoms with van der Waals surface area (Å²) in [5.41, 5.74) is 0.603. The number of ether oxygens (including phenoxy) is 1. The first-order valence-electron chi connectivity index (χ1n) is 8.51. The van der Waals surface area contributed by atoms with E-state index >= 15 is 0 Å². The van der Waals surface area contributed by atoms with E-state index in [1.165, 1.54) is 12.1 Å². The lowest BCUT2D eigenvalue weighted by Gasteiger charge is -2.24. The minimum absolute atomic E-state index is 0.105. The van der Waals surface area contributed by atoms with E-state index in [0.29, 0.717) is 23.1 Å². The molecule has 2 atom stereocenters. The number of hydrogen-bond acceptors (Lipinski definition) is 3. The van der Waals surface area contributed by atoms with Gasteiger partial charge in [0.15, 0.2) is 5.75 Å². The minimum atomic E-state index is -0.317. The molecule has 0 spiro atoms. The molecule has 2 amide bonds. The molecule has 2 saturated heterocycles. The zero-order valence-corrected chi connectivity index (χ0v) is 13.7. The third kappa shape index (κ3) is 3.30. The highest BCUT2D eigenvalue weighted by Crippen LogP contribution is 2.31. The SMILES string of the molecule is O=C(Nc1ccccc1Oc1ccc(F)cc1)N1CC[C@@H]2CNC[C@@H]21. The van der Waals surface area contributed by atoms with Gasteiger partial charge >= 0.3 is 6.03 Å². The lowest BCUT2D eigenvalue weighted by Crippen LogP contribution is -2.41. The number of carbonyl (C=O) groups is 1. The van der Waals surface area contributed by atoms with E-state index in [2.05, 4.69) is 10.6 Å². The Morgan fingerprint density at radius 2 is 1.96 bits per heavy atom. The molecule has 2 heterocycles. The monoisotopic (exact) mass is 341 g/mol. The van der Waals surface area contributed by atoms with Crippen molar-refractivity contribution in [1.82, 2.24) is 10.2 Å².